The maximum Gasteiger partial charge on any atom is 0.228 e. The lowest BCUT2D eigenvalue weighted by Crippen LogP contribution is -2.34. The van der Waals surface area contributed by atoms with E-state index < -0.39 is 0 Å². The second kappa shape index (κ2) is 9.81. The van der Waals surface area contributed by atoms with Gasteiger partial charge < -0.3 is 19.1 Å². The van der Waals surface area contributed by atoms with Crippen molar-refractivity contribution in [1.29, 1.82) is 0 Å². The number of likely N-dealkylation sites (tertiary alicyclic amines) is 1. The summed E-state index contributed by atoms with van der Waals surface area (Å²) >= 11 is 0. The highest BCUT2D eigenvalue weighted by Crippen LogP contribution is 2.26. The summed E-state index contributed by atoms with van der Waals surface area (Å²) < 4.78 is 11.1. The molecular formula is C25H31N3O2. The van der Waals surface area contributed by atoms with E-state index in [0.717, 1.165) is 42.4 Å². The second-order valence-electron chi connectivity index (χ2n) is 8.07. The van der Waals surface area contributed by atoms with Gasteiger partial charge in [0.25, 0.3) is 0 Å². The normalized spacial score (nSPS) is 15.3. The highest BCUT2D eigenvalue weighted by molar-refractivity contribution is 5.62. The van der Waals surface area contributed by atoms with Crippen LogP contribution in [0.5, 0.6) is 5.75 Å². The fourth-order valence-electron chi connectivity index (χ4n) is 4.09. The van der Waals surface area contributed by atoms with Crippen molar-refractivity contribution in [3.63, 3.8) is 0 Å². The van der Waals surface area contributed by atoms with Crippen molar-refractivity contribution in [2.24, 2.45) is 0 Å². The van der Waals surface area contributed by atoms with Crippen molar-refractivity contribution in [1.82, 2.24) is 10.1 Å². The lowest BCUT2D eigenvalue weighted by Gasteiger charge is -2.27. The van der Waals surface area contributed by atoms with E-state index in [4.69, 9.17) is 9.26 Å². The molecule has 0 N–H and O–H groups in total. The number of hydrogen-bond donors (Lipinski definition) is 0. The molecule has 3 aromatic rings. The molecule has 4 rings (SSSR count). The average molecular weight is 406 g/mol. The Morgan fingerprint density at radius 2 is 1.80 bits per heavy atom. The fraction of sp³-hybridized carbons (Fsp3) is 0.400. The van der Waals surface area contributed by atoms with Crippen LogP contribution in [0.4, 0.5) is 5.88 Å². The first-order valence-electron chi connectivity index (χ1n) is 10.9. The highest BCUT2D eigenvalue weighted by Gasteiger charge is 2.20. The number of anilines is 1. The summed E-state index contributed by atoms with van der Waals surface area (Å²) in [5.41, 5.74) is 3.17. The lowest BCUT2D eigenvalue weighted by molar-refractivity contribution is 0.247. The average Bonchev–Trinajstić information content (AvgIpc) is 3.50. The van der Waals surface area contributed by atoms with E-state index in [-0.39, 0.29) is 0 Å². The van der Waals surface area contributed by atoms with E-state index >= 15 is 0 Å². The molecule has 1 aromatic heterocycles. The summed E-state index contributed by atoms with van der Waals surface area (Å²) in [4.78, 5) is 4.90. The molecule has 2 heterocycles. The fourth-order valence-corrected chi connectivity index (χ4v) is 4.09. The molecule has 0 amide bonds. The van der Waals surface area contributed by atoms with E-state index in [1.54, 1.807) is 7.11 Å². The summed E-state index contributed by atoms with van der Waals surface area (Å²) in [5, 5.41) is 4.33. The number of nitrogens with zero attached hydrogens (tertiary/aromatic N) is 3. The van der Waals surface area contributed by atoms with Crippen LogP contribution in [-0.4, -0.2) is 42.8 Å². The Bertz CT molecular complexity index is 902. The van der Waals surface area contributed by atoms with E-state index in [2.05, 4.69) is 52.2 Å². The van der Waals surface area contributed by atoms with Gasteiger partial charge in [-0.3, -0.25) is 0 Å². The van der Waals surface area contributed by atoms with E-state index in [1.165, 1.54) is 31.5 Å². The first-order chi connectivity index (χ1) is 14.7. The zero-order valence-electron chi connectivity index (χ0n) is 18.0. The van der Waals surface area contributed by atoms with Crippen LogP contribution in [0.25, 0.3) is 11.3 Å². The molecule has 1 saturated heterocycles. The predicted octanol–water partition coefficient (Wildman–Crippen LogP) is 5.23. The van der Waals surface area contributed by atoms with Crippen LogP contribution in [-0.2, 0) is 6.54 Å². The van der Waals surface area contributed by atoms with Gasteiger partial charge in [0.1, 0.15) is 11.4 Å². The zero-order valence-corrected chi connectivity index (χ0v) is 18.0. The van der Waals surface area contributed by atoms with Gasteiger partial charge in [-0.05, 0) is 57.0 Å². The van der Waals surface area contributed by atoms with Crippen molar-refractivity contribution in [2.45, 2.75) is 38.8 Å². The third kappa shape index (κ3) is 5.03. The van der Waals surface area contributed by atoms with Gasteiger partial charge in [0.15, 0.2) is 0 Å². The predicted molar refractivity (Wildman–Crippen MR) is 121 cm³/mol. The molecule has 5 heteroatoms. The molecular weight excluding hydrogens is 374 g/mol. The summed E-state index contributed by atoms with van der Waals surface area (Å²) in [5.74, 6) is 1.69. The Kier molecular flexibility index (Phi) is 6.70. The zero-order chi connectivity index (χ0) is 20.8. The maximum absolute atomic E-state index is 5.79. The third-order valence-electron chi connectivity index (χ3n) is 5.99. The summed E-state index contributed by atoms with van der Waals surface area (Å²) in [7, 11) is 1.70. The minimum absolute atomic E-state index is 0.572. The molecule has 158 valence electrons. The van der Waals surface area contributed by atoms with E-state index in [0.29, 0.717) is 6.04 Å². The van der Waals surface area contributed by atoms with Crippen molar-refractivity contribution < 1.29 is 9.26 Å². The minimum atomic E-state index is 0.572. The number of hydrogen-bond acceptors (Lipinski definition) is 5. The van der Waals surface area contributed by atoms with Crippen LogP contribution in [0.3, 0.4) is 0 Å². The Morgan fingerprint density at radius 3 is 2.50 bits per heavy atom. The molecule has 30 heavy (non-hydrogen) atoms. The van der Waals surface area contributed by atoms with Gasteiger partial charge in [-0.15, -0.1) is 0 Å². The monoisotopic (exact) mass is 405 g/mol. The molecule has 0 aliphatic carbocycles. The van der Waals surface area contributed by atoms with Gasteiger partial charge >= 0.3 is 0 Å². The van der Waals surface area contributed by atoms with E-state index in [9.17, 15) is 0 Å². The highest BCUT2D eigenvalue weighted by atomic mass is 16.5. The van der Waals surface area contributed by atoms with Gasteiger partial charge in [-0.1, -0.05) is 47.6 Å². The smallest absolute Gasteiger partial charge is 0.228 e. The summed E-state index contributed by atoms with van der Waals surface area (Å²) in [6.07, 6.45) is 3.74. The number of aromatic nitrogens is 1. The second-order valence-corrected chi connectivity index (χ2v) is 8.07. The third-order valence-corrected chi connectivity index (χ3v) is 5.99. The molecule has 1 atom stereocenters. The molecule has 0 bridgehead atoms. The Morgan fingerprint density at radius 1 is 1.07 bits per heavy atom. The number of ether oxygens (including phenoxy) is 1. The standard InChI is InChI=1S/C25H31N3O2/c1-20(27-15-6-7-16-27)14-17-28(19-21-10-12-23(29-2)13-11-21)25-18-24(26-30-25)22-8-4-3-5-9-22/h3-5,8-13,18,20H,6-7,14-17,19H2,1-2H3. The van der Waals surface area contributed by atoms with Gasteiger partial charge in [-0.25, -0.2) is 0 Å². The van der Waals surface area contributed by atoms with Crippen molar-refractivity contribution in [3.05, 3.63) is 66.2 Å². The topological polar surface area (TPSA) is 41.7 Å². The minimum Gasteiger partial charge on any atom is -0.497 e. The number of methoxy groups -OCH3 is 1. The van der Waals surface area contributed by atoms with Crippen LogP contribution >= 0.6 is 0 Å². The Balaban J connectivity index is 1.50. The first-order valence-corrected chi connectivity index (χ1v) is 10.9. The van der Waals surface area contributed by atoms with Crippen LogP contribution in [0.15, 0.2) is 65.2 Å². The van der Waals surface area contributed by atoms with Crippen LogP contribution in [0.1, 0.15) is 31.7 Å². The van der Waals surface area contributed by atoms with Gasteiger partial charge in [0.05, 0.1) is 7.11 Å². The van der Waals surface area contributed by atoms with Crippen molar-refractivity contribution >= 4 is 5.88 Å². The Hall–Kier alpha value is -2.79. The molecule has 1 aliphatic heterocycles. The first kappa shape index (κ1) is 20.5. The van der Waals surface area contributed by atoms with Crippen LogP contribution < -0.4 is 9.64 Å². The lowest BCUT2D eigenvalue weighted by atomic mass is 10.1. The molecule has 1 unspecified atom stereocenters. The molecule has 0 spiro atoms. The largest absolute Gasteiger partial charge is 0.497 e. The van der Waals surface area contributed by atoms with Crippen molar-refractivity contribution in [3.8, 4) is 17.0 Å². The molecule has 0 radical (unpaired) electrons. The molecule has 1 fully saturated rings. The van der Waals surface area contributed by atoms with Gasteiger partial charge in [-0.2, -0.15) is 0 Å². The van der Waals surface area contributed by atoms with Crippen LogP contribution in [0.2, 0.25) is 0 Å². The Labute approximate surface area is 179 Å². The quantitative estimate of drug-likeness (QED) is 0.487. The van der Waals surface area contributed by atoms with Crippen LogP contribution in [0, 0.1) is 0 Å². The van der Waals surface area contributed by atoms with E-state index in [1.807, 2.05) is 30.3 Å². The van der Waals surface area contributed by atoms with Crippen molar-refractivity contribution in [2.75, 3.05) is 31.6 Å². The maximum atomic E-state index is 5.79. The van der Waals surface area contributed by atoms with Gasteiger partial charge in [0.2, 0.25) is 5.88 Å². The summed E-state index contributed by atoms with van der Waals surface area (Å²) in [6, 6.07) is 21.1. The molecule has 0 saturated carbocycles. The number of rotatable bonds is 9. The molecule has 2 aromatic carbocycles. The summed E-state index contributed by atoms with van der Waals surface area (Å²) in [6.45, 7) is 6.49. The molecule has 1 aliphatic rings. The van der Waals surface area contributed by atoms with Gasteiger partial charge in [0, 0.05) is 30.8 Å². The molecule has 5 nitrogen and oxygen atoms in total. The number of benzene rings is 2. The SMILES string of the molecule is COc1ccc(CN(CCC(C)N2CCCC2)c2cc(-c3ccccc3)no2)cc1.